The summed E-state index contributed by atoms with van der Waals surface area (Å²) in [7, 11) is 0. The molecule has 0 amide bonds. The maximum atomic E-state index is 3.56. The Kier molecular flexibility index (Phi) is 5.21. The van der Waals surface area contributed by atoms with Gasteiger partial charge in [0.1, 0.15) is 0 Å². The van der Waals surface area contributed by atoms with Crippen molar-refractivity contribution in [2.75, 3.05) is 26.2 Å². The van der Waals surface area contributed by atoms with E-state index in [1.807, 2.05) is 0 Å². The van der Waals surface area contributed by atoms with E-state index < -0.39 is 0 Å². The zero-order valence-electron chi connectivity index (χ0n) is 11.7. The molecule has 0 radical (unpaired) electrons. The summed E-state index contributed by atoms with van der Waals surface area (Å²) in [6, 6.07) is 11.6. The first-order chi connectivity index (χ1) is 8.79. The van der Waals surface area contributed by atoms with Gasteiger partial charge in [-0.25, -0.2) is 0 Å². The van der Waals surface area contributed by atoms with Crippen LogP contribution < -0.4 is 5.32 Å². The highest BCUT2D eigenvalue weighted by atomic mass is 15.1. The van der Waals surface area contributed by atoms with Crippen LogP contribution in [0, 0.1) is 0 Å². The van der Waals surface area contributed by atoms with Gasteiger partial charge >= 0.3 is 0 Å². The maximum absolute atomic E-state index is 3.56. The third-order valence-corrected chi connectivity index (χ3v) is 3.98. The molecule has 100 valence electrons. The second kappa shape index (κ2) is 6.91. The summed E-state index contributed by atoms with van der Waals surface area (Å²) >= 11 is 0. The smallest absolute Gasteiger partial charge is 0.00912 e. The Morgan fingerprint density at radius 3 is 2.50 bits per heavy atom. The minimum Gasteiger partial charge on any atom is -0.314 e. The van der Waals surface area contributed by atoms with Gasteiger partial charge in [0.2, 0.25) is 0 Å². The van der Waals surface area contributed by atoms with Crippen LogP contribution in [0.3, 0.4) is 0 Å². The second-order valence-corrected chi connectivity index (χ2v) is 5.44. The summed E-state index contributed by atoms with van der Waals surface area (Å²) in [4.78, 5) is 2.62. The van der Waals surface area contributed by atoms with E-state index in [0.29, 0.717) is 5.92 Å². The molecule has 1 heterocycles. The number of hydrogen-bond donors (Lipinski definition) is 1. The van der Waals surface area contributed by atoms with Crippen molar-refractivity contribution in [3.05, 3.63) is 35.9 Å². The number of piperidine rings is 1. The highest BCUT2D eigenvalue weighted by Gasteiger charge is 2.19. The van der Waals surface area contributed by atoms with Gasteiger partial charge in [-0.1, -0.05) is 44.2 Å². The van der Waals surface area contributed by atoms with Crippen molar-refractivity contribution in [2.24, 2.45) is 0 Å². The van der Waals surface area contributed by atoms with Gasteiger partial charge in [0.05, 0.1) is 0 Å². The van der Waals surface area contributed by atoms with Gasteiger partial charge in [0, 0.05) is 12.6 Å². The van der Waals surface area contributed by atoms with E-state index in [1.54, 1.807) is 0 Å². The molecule has 2 rings (SSSR count). The minimum absolute atomic E-state index is 0.641. The highest BCUT2D eigenvalue weighted by Crippen LogP contribution is 2.19. The van der Waals surface area contributed by atoms with Crippen molar-refractivity contribution in [3.63, 3.8) is 0 Å². The van der Waals surface area contributed by atoms with Crippen molar-refractivity contribution >= 4 is 0 Å². The number of nitrogens with one attached hydrogen (secondary N) is 1. The van der Waals surface area contributed by atoms with E-state index in [0.717, 1.165) is 12.6 Å². The number of likely N-dealkylation sites (tertiary alicyclic amines) is 1. The zero-order chi connectivity index (χ0) is 12.8. The fourth-order valence-electron chi connectivity index (χ4n) is 2.88. The number of hydrogen-bond acceptors (Lipinski definition) is 2. The predicted molar refractivity (Wildman–Crippen MR) is 78.0 cm³/mol. The molecule has 1 atom stereocenters. The van der Waals surface area contributed by atoms with Gasteiger partial charge in [0.15, 0.2) is 0 Å². The molecule has 0 aromatic heterocycles. The first-order valence-electron chi connectivity index (χ1n) is 7.30. The average molecular weight is 246 g/mol. The molecule has 1 fully saturated rings. The minimum atomic E-state index is 0.641. The molecule has 1 N–H and O–H groups in total. The first-order valence-corrected chi connectivity index (χ1v) is 7.30. The molecule has 1 unspecified atom stereocenters. The number of nitrogens with zero attached hydrogens (tertiary/aromatic N) is 1. The zero-order valence-corrected chi connectivity index (χ0v) is 11.7. The van der Waals surface area contributed by atoms with E-state index in [2.05, 4.69) is 54.4 Å². The summed E-state index contributed by atoms with van der Waals surface area (Å²) < 4.78 is 0. The van der Waals surface area contributed by atoms with E-state index in [4.69, 9.17) is 0 Å². The molecule has 2 nitrogen and oxygen atoms in total. The van der Waals surface area contributed by atoms with Crippen LogP contribution in [0.5, 0.6) is 0 Å². The molecule has 1 saturated heterocycles. The van der Waals surface area contributed by atoms with E-state index in [1.165, 1.54) is 38.0 Å². The molecule has 18 heavy (non-hydrogen) atoms. The molecule has 0 bridgehead atoms. The van der Waals surface area contributed by atoms with Crippen molar-refractivity contribution in [1.29, 1.82) is 0 Å². The SMILES string of the molecule is CCNC1CCN(CC(C)c2ccccc2)CC1. The lowest BCUT2D eigenvalue weighted by Gasteiger charge is -2.34. The van der Waals surface area contributed by atoms with Crippen LogP contribution in [-0.2, 0) is 0 Å². The van der Waals surface area contributed by atoms with Crippen molar-refractivity contribution in [2.45, 2.75) is 38.6 Å². The third-order valence-electron chi connectivity index (χ3n) is 3.98. The third kappa shape index (κ3) is 3.82. The Labute approximate surface area is 111 Å². The molecule has 1 aromatic rings. The molecule has 0 spiro atoms. The lowest BCUT2D eigenvalue weighted by Crippen LogP contribution is -2.43. The van der Waals surface area contributed by atoms with Crippen molar-refractivity contribution < 1.29 is 0 Å². The molecule has 1 aromatic carbocycles. The summed E-state index contributed by atoms with van der Waals surface area (Å²) in [5.41, 5.74) is 1.46. The molecule has 0 aliphatic carbocycles. The Morgan fingerprint density at radius 2 is 1.89 bits per heavy atom. The van der Waals surface area contributed by atoms with Gasteiger partial charge in [0.25, 0.3) is 0 Å². The van der Waals surface area contributed by atoms with E-state index in [-0.39, 0.29) is 0 Å². The summed E-state index contributed by atoms with van der Waals surface area (Å²) in [6.07, 6.45) is 2.60. The van der Waals surface area contributed by atoms with Gasteiger partial charge in [-0.3, -0.25) is 0 Å². The topological polar surface area (TPSA) is 15.3 Å². The number of rotatable bonds is 5. The van der Waals surface area contributed by atoms with Gasteiger partial charge in [-0.05, 0) is 44.0 Å². The van der Waals surface area contributed by atoms with Gasteiger partial charge in [-0.15, -0.1) is 0 Å². The average Bonchev–Trinajstić information content (AvgIpc) is 2.42. The summed E-state index contributed by atoms with van der Waals surface area (Å²) in [5.74, 6) is 0.641. The Morgan fingerprint density at radius 1 is 1.22 bits per heavy atom. The molecular weight excluding hydrogens is 220 g/mol. The lowest BCUT2D eigenvalue weighted by atomic mass is 9.98. The summed E-state index contributed by atoms with van der Waals surface area (Å²) in [5, 5.41) is 3.56. The molecule has 0 saturated carbocycles. The van der Waals surface area contributed by atoms with Crippen LogP contribution in [0.25, 0.3) is 0 Å². The van der Waals surface area contributed by atoms with Crippen LogP contribution >= 0.6 is 0 Å². The lowest BCUT2D eigenvalue weighted by molar-refractivity contribution is 0.191. The molecule has 1 aliphatic rings. The Bertz CT molecular complexity index is 328. The largest absolute Gasteiger partial charge is 0.314 e. The van der Waals surface area contributed by atoms with Crippen LogP contribution in [0.4, 0.5) is 0 Å². The van der Waals surface area contributed by atoms with Crippen LogP contribution in [0.2, 0.25) is 0 Å². The Balaban J connectivity index is 1.78. The highest BCUT2D eigenvalue weighted by molar-refractivity contribution is 5.19. The van der Waals surface area contributed by atoms with Crippen LogP contribution in [0.1, 0.15) is 38.2 Å². The molecule has 2 heteroatoms. The van der Waals surface area contributed by atoms with E-state index >= 15 is 0 Å². The van der Waals surface area contributed by atoms with Crippen molar-refractivity contribution in [1.82, 2.24) is 10.2 Å². The first kappa shape index (κ1) is 13.6. The fraction of sp³-hybridized carbons (Fsp3) is 0.625. The molecule has 1 aliphatic heterocycles. The summed E-state index contributed by atoms with van der Waals surface area (Å²) in [6.45, 7) is 9.33. The second-order valence-electron chi connectivity index (χ2n) is 5.44. The van der Waals surface area contributed by atoms with E-state index in [9.17, 15) is 0 Å². The van der Waals surface area contributed by atoms with Gasteiger partial charge < -0.3 is 10.2 Å². The van der Waals surface area contributed by atoms with Gasteiger partial charge in [-0.2, -0.15) is 0 Å². The predicted octanol–water partition coefficient (Wildman–Crippen LogP) is 2.86. The molecular formula is C16H26N2. The van der Waals surface area contributed by atoms with Crippen LogP contribution in [-0.4, -0.2) is 37.1 Å². The monoisotopic (exact) mass is 246 g/mol. The normalized spacial score (nSPS) is 19.9. The maximum Gasteiger partial charge on any atom is 0.00912 e. The Hall–Kier alpha value is -0.860. The number of benzene rings is 1. The van der Waals surface area contributed by atoms with Crippen LogP contribution in [0.15, 0.2) is 30.3 Å². The van der Waals surface area contributed by atoms with Crippen molar-refractivity contribution in [3.8, 4) is 0 Å². The fourth-order valence-corrected chi connectivity index (χ4v) is 2.88. The standard InChI is InChI=1S/C16H26N2/c1-3-17-16-9-11-18(12-10-16)13-14(2)15-7-5-4-6-8-15/h4-8,14,16-17H,3,9-13H2,1-2H3. The quantitative estimate of drug-likeness (QED) is 0.859.